The van der Waals surface area contributed by atoms with Gasteiger partial charge in [-0.3, -0.25) is 0 Å². The molecule has 1 saturated heterocycles. The molecule has 1 rings (SSSR count). The third-order valence-corrected chi connectivity index (χ3v) is 2.85. The number of carboxylic acid groups (broad SMARTS) is 1. The first-order valence-electron chi connectivity index (χ1n) is 6.00. The van der Waals surface area contributed by atoms with Crippen molar-refractivity contribution in [3.05, 3.63) is 0 Å². The second-order valence-corrected chi connectivity index (χ2v) is 4.20. The lowest BCUT2D eigenvalue weighted by molar-refractivity contribution is -0.192. The fourth-order valence-electron chi connectivity index (χ4n) is 1.67. The molecule has 0 spiro atoms. The van der Waals surface area contributed by atoms with Crippen LogP contribution in [0.4, 0.5) is 13.2 Å². The normalized spacial score (nSPS) is 17.7. The van der Waals surface area contributed by atoms with E-state index in [0.717, 1.165) is 19.2 Å². The van der Waals surface area contributed by atoms with Gasteiger partial charge in [-0.05, 0) is 33.0 Å². The average molecular weight is 286 g/mol. The number of likely N-dealkylation sites (tertiary alicyclic amines) is 1. The van der Waals surface area contributed by atoms with Crippen LogP contribution in [0.3, 0.4) is 0 Å². The van der Waals surface area contributed by atoms with Gasteiger partial charge >= 0.3 is 12.1 Å². The van der Waals surface area contributed by atoms with Gasteiger partial charge in [0.05, 0.1) is 6.61 Å². The summed E-state index contributed by atoms with van der Waals surface area (Å²) in [5.41, 5.74) is 0. The molecule has 0 aromatic rings. The van der Waals surface area contributed by atoms with Crippen LogP contribution < -0.4 is 5.32 Å². The molecule has 1 heterocycles. The van der Waals surface area contributed by atoms with Crippen LogP contribution in [0.1, 0.15) is 12.8 Å². The predicted octanol–water partition coefficient (Wildman–Crippen LogP) is 0.950. The summed E-state index contributed by atoms with van der Waals surface area (Å²) in [4.78, 5) is 11.4. The first-order valence-corrected chi connectivity index (χ1v) is 6.00. The maximum atomic E-state index is 10.6. The van der Waals surface area contributed by atoms with Crippen LogP contribution in [-0.4, -0.2) is 68.6 Å². The highest BCUT2D eigenvalue weighted by molar-refractivity contribution is 5.73. The quantitative estimate of drug-likeness (QED) is 0.805. The van der Waals surface area contributed by atoms with Crippen molar-refractivity contribution in [3.8, 4) is 0 Å². The number of piperidine rings is 1. The summed E-state index contributed by atoms with van der Waals surface area (Å²) in [6.45, 7) is 4.39. The van der Waals surface area contributed by atoms with E-state index in [0.29, 0.717) is 0 Å². The van der Waals surface area contributed by atoms with E-state index in [4.69, 9.17) is 14.6 Å². The Hall–Kier alpha value is -0.860. The third kappa shape index (κ3) is 8.79. The Labute approximate surface area is 110 Å². The number of rotatable bonds is 4. The zero-order chi connectivity index (χ0) is 14.9. The highest BCUT2D eigenvalue weighted by atomic mass is 19.4. The van der Waals surface area contributed by atoms with Crippen molar-refractivity contribution in [3.63, 3.8) is 0 Å². The Bertz CT molecular complexity index is 254. The lowest BCUT2D eigenvalue weighted by atomic mass is 10.1. The molecule has 0 aromatic carbocycles. The largest absolute Gasteiger partial charge is 0.490 e. The Morgan fingerprint density at radius 2 is 1.89 bits per heavy atom. The molecule has 1 aliphatic heterocycles. The highest BCUT2D eigenvalue weighted by Crippen LogP contribution is 2.13. The number of methoxy groups -OCH3 is 1. The average Bonchev–Trinajstić information content (AvgIpc) is 2.36. The summed E-state index contributed by atoms with van der Waals surface area (Å²) >= 11 is 0. The molecule has 0 atom stereocenters. The van der Waals surface area contributed by atoms with Crippen molar-refractivity contribution >= 4 is 5.97 Å². The number of hydrogen-bond donors (Lipinski definition) is 2. The molecule has 0 aromatic heterocycles. The number of nitrogens with one attached hydrogen (secondary N) is 1. The molecular weight excluding hydrogens is 265 g/mol. The molecule has 5 nitrogen and oxygen atoms in total. The summed E-state index contributed by atoms with van der Waals surface area (Å²) < 4.78 is 36.8. The lowest BCUT2D eigenvalue weighted by Gasteiger charge is -2.31. The monoisotopic (exact) mass is 286 g/mol. The second-order valence-electron chi connectivity index (χ2n) is 4.20. The van der Waals surface area contributed by atoms with Gasteiger partial charge in [0.1, 0.15) is 0 Å². The van der Waals surface area contributed by atoms with Crippen LogP contribution in [-0.2, 0) is 9.53 Å². The number of carbonyl (C=O) groups is 1. The van der Waals surface area contributed by atoms with E-state index in [9.17, 15) is 13.2 Å². The fourth-order valence-corrected chi connectivity index (χ4v) is 1.67. The zero-order valence-electron chi connectivity index (χ0n) is 11.2. The van der Waals surface area contributed by atoms with Gasteiger partial charge in [0.25, 0.3) is 0 Å². The molecule has 0 amide bonds. The molecule has 0 saturated carbocycles. The number of nitrogens with zero attached hydrogens (tertiary/aromatic N) is 1. The van der Waals surface area contributed by atoms with Crippen molar-refractivity contribution in [1.82, 2.24) is 10.2 Å². The number of aliphatic carboxylic acids is 1. The highest BCUT2D eigenvalue weighted by Gasteiger charge is 2.38. The van der Waals surface area contributed by atoms with Crippen molar-refractivity contribution in [2.45, 2.75) is 25.1 Å². The van der Waals surface area contributed by atoms with Gasteiger partial charge in [-0.2, -0.15) is 13.2 Å². The number of ether oxygens (including phenoxy) is 1. The van der Waals surface area contributed by atoms with Crippen LogP contribution in [0.2, 0.25) is 0 Å². The summed E-state index contributed by atoms with van der Waals surface area (Å²) in [6, 6.07) is 0.740. The Balaban J connectivity index is 0.000000399. The Morgan fingerprint density at radius 3 is 2.21 bits per heavy atom. The molecule has 0 unspecified atom stereocenters. The van der Waals surface area contributed by atoms with Gasteiger partial charge in [-0.15, -0.1) is 0 Å². The summed E-state index contributed by atoms with van der Waals surface area (Å²) in [5, 5.41) is 10.4. The minimum absolute atomic E-state index is 0.740. The molecule has 0 bridgehead atoms. The third-order valence-electron chi connectivity index (χ3n) is 2.85. The van der Waals surface area contributed by atoms with Gasteiger partial charge in [0, 0.05) is 19.7 Å². The molecule has 2 N–H and O–H groups in total. The van der Waals surface area contributed by atoms with Crippen molar-refractivity contribution in [1.29, 1.82) is 0 Å². The molecule has 0 radical (unpaired) electrons. The Kier molecular flexibility index (Phi) is 8.70. The predicted molar refractivity (Wildman–Crippen MR) is 64.1 cm³/mol. The van der Waals surface area contributed by atoms with Crippen molar-refractivity contribution in [2.75, 3.05) is 40.4 Å². The number of alkyl halides is 3. The van der Waals surface area contributed by atoms with E-state index < -0.39 is 12.1 Å². The van der Waals surface area contributed by atoms with Crippen LogP contribution in [0.5, 0.6) is 0 Å². The van der Waals surface area contributed by atoms with Gasteiger partial charge in [0.15, 0.2) is 0 Å². The van der Waals surface area contributed by atoms with E-state index in [-0.39, 0.29) is 0 Å². The lowest BCUT2D eigenvalue weighted by Crippen LogP contribution is -2.42. The Morgan fingerprint density at radius 1 is 1.42 bits per heavy atom. The van der Waals surface area contributed by atoms with Crippen LogP contribution in [0, 0.1) is 0 Å². The standard InChI is InChI=1S/C9H20N2O.C2HF3O2/c1-10-9-3-5-11(6-4-9)7-8-12-2;3-2(4,5)1(6)7/h9-10H,3-8H2,1-2H3;(H,6,7). The summed E-state index contributed by atoms with van der Waals surface area (Å²) in [7, 11) is 3.82. The molecule has 8 heteroatoms. The van der Waals surface area contributed by atoms with Gasteiger partial charge in [0.2, 0.25) is 0 Å². The van der Waals surface area contributed by atoms with Crippen molar-refractivity contribution < 1.29 is 27.8 Å². The topological polar surface area (TPSA) is 61.8 Å². The molecule has 114 valence electrons. The van der Waals surface area contributed by atoms with E-state index in [2.05, 4.69) is 17.3 Å². The number of hydrogen-bond acceptors (Lipinski definition) is 4. The minimum Gasteiger partial charge on any atom is -0.475 e. The SMILES string of the molecule is CNC1CCN(CCOC)CC1.O=C(O)C(F)(F)F. The number of halogens is 3. The molecule has 0 aliphatic carbocycles. The molecule has 1 aliphatic rings. The smallest absolute Gasteiger partial charge is 0.475 e. The van der Waals surface area contributed by atoms with E-state index in [1.165, 1.54) is 25.9 Å². The first kappa shape index (κ1) is 18.1. The molecular formula is C11H21F3N2O3. The van der Waals surface area contributed by atoms with Crippen LogP contribution >= 0.6 is 0 Å². The zero-order valence-corrected chi connectivity index (χ0v) is 11.2. The van der Waals surface area contributed by atoms with Gasteiger partial charge < -0.3 is 20.1 Å². The maximum Gasteiger partial charge on any atom is 0.490 e. The van der Waals surface area contributed by atoms with Crippen LogP contribution in [0.25, 0.3) is 0 Å². The summed E-state index contributed by atoms with van der Waals surface area (Å²) in [5.74, 6) is -2.76. The summed E-state index contributed by atoms with van der Waals surface area (Å²) in [6.07, 6.45) is -2.53. The van der Waals surface area contributed by atoms with Gasteiger partial charge in [-0.1, -0.05) is 0 Å². The van der Waals surface area contributed by atoms with E-state index in [1.54, 1.807) is 7.11 Å². The van der Waals surface area contributed by atoms with E-state index >= 15 is 0 Å². The number of carboxylic acids is 1. The van der Waals surface area contributed by atoms with Crippen molar-refractivity contribution in [2.24, 2.45) is 0 Å². The van der Waals surface area contributed by atoms with Gasteiger partial charge in [-0.25, -0.2) is 4.79 Å². The maximum absolute atomic E-state index is 10.6. The molecule has 1 fully saturated rings. The van der Waals surface area contributed by atoms with Crippen LogP contribution in [0.15, 0.2) is 0 Å². The fraction of sp³-hybridized carbons (Fsp3) is 0.909. The molecule has 19 heavy (non-hydrogen) atoms. The second kappa shape index (κ2) is 9.11. The minimum atomic E-state index is -5.08. The van der Waals surface area contributed by atoms with E-state index in [1.807, 2.05) is 0 Å². The first-order chi connectivity index (χ1) is 8.81.